The fourth-order valence-corrected chi connectivity index (χ4v) is 13.1. The summed E-state index contributed by atoms with van der Waals surface area (Å²) in [4.78, 5) is 12.2. The first-order chi connectivity index (χ1) is 22.6. The molecule has 0 spiro atoms. The second kappa shape index (κ2) is 17.7. The Balaban J connectivity index is 1.70. The number of carbonyl (C=O) groups is 1. The largest absolute Gasteiger partial charge is 0.410 e. The summed E-state index contributed by atoms with van der Waals surface area (Å²) in [5, 5.41) is 0. The molecule has 0 unspecified atom stereocenters. The van der Waals surface area contributed by atoms with Crippen LogP contribution in [0.25, 0.3) is 0 Å². The van der Waals surface area contributed by atoms with Crippen molar-refractivity contribution in [2.24, 2.45) is 0 Å². The van der Waals surface area contributed by atoms with E-state index < -0.39 is 26.1 Å². The predicted molar refractivity (Wildman–Crippen MR) is 191 cm³/mol. The lowest BCUT2D eigenvalue weighted by Gasteiger charge is -2.55. The lowest BCUT2D eigenvalue weighted by Crippen LogP contribution is -2.66. The number of aldehydes is 1. The molecule has 6 nitrogen and oxygen atoms in total. The van der Waals surface area contributed by atoms with Gasteiger partial charge in [-0.15, -0.1) is 0 Å². The maximum absolute atomic E-state index is 12.2. The van der Waals surface area contributed by atoms with Crippen LogP contribution in [-0.2, 0) is 48.0 Å². The molecule has 5 atom stereocenters. The van der Waals surface area contributed by atoms with Gasteiger partial charge in [0.25, 0.3) is 0 Å². The fraction of sp³-hybridized carbons (Fsp3) is 0.525. The molecular weight excluding hydrogens is 605 g/mol. The molecule has 7 heteroatoms. The van der Waals surface area contributed by atoms with Gasteiger partial charge in [-0.1, -0.05) is 133 Å². The minimum atomic E-state index is -2.38. The molecular formula is C40H56O6Si. The number of hydrogen-bond donors (Lipinski definition) is 0. The zero-order chi connectivity index (χ0) is 33.9. The number of carbonyl (C=O) groups excluding carboxylic acids is 1. The molecule has 0 aliphatic carbocycles. The van der Waals surface area contributed by atoms with Crippen LogP contribution in [0.1, 0.15) is 78.0 Å². The summed E-state index contributed by atoms with van der Waals surface area (Å²) < 4.78 is 34.4. The average Bonchev–Trinajstić information content (AvgIpc) is 3.06. The van der Waals surface area contributed by atoms with Gasteiger partial charge >= 0.3 is 0 Å². The van der Waals surface area contributed by atoms with Gasteiger partial charge in [-0.05, 0) is 40.2 Å². The van der Waals surface area contributed by atoms with Gasteiger partial charge in [0, 0.05) is 12.8 Å². The highest BCUT2D eigenvalue weighted by atomic mass is 28.4. The van der Waals surface area contributed by atoms with Crippen LogP contribution in [0.5, 0.6) is 0 Å². The number of rotatable bonds is 18. The summed E-state index contributed by atoms with van der Waals surface area (Å²) >= 11 is 0. The van der Waals surface area contributed by atoms with Crippen molar-refractivity contribution in [3.8, 4) is 0 Å². The SMILES string of the molecule is CC(C)[Si](O[C@@H]1C[C@H](OCc2ccccc2)[C@@H](COCc2ccccc2)O[C@@]1(C)[C@@H](CC=O)OCc1ccccc1)(C(C)C)C(C)C. The first-order valence-electron chi connectivity index (χ1n) is 17.3. The Morgan fingerprint density at radius 3 is 1.74 bits per heavy atom. The second-order valence-corrected chi connectivity index (χ2v) is 19.4. The van der Waals surface area contributed by atoms with E-state index in [4.69, 9.17) is 23.4 Å². The maximum atomic E-state index is 12.2. The molecule has 0 saturated carbocycles. The summed E-state index contributed by atoms with van der Waals surface area (Å²) in [6, 6.07) is 30.5. The Morgan fingerprint density at radius 2 is 1.26 bits per heavy atom. The molecule has 3 aromatic carbocycles. The zero-order valence-electron chi connectivity index (χ0n) is 29.5. The van der Waals surface area contributed by atoms with E-state index in [-0.39, 0.29) is 18.6 Å². The first kappa shape index (κ1) is 37.2. The standard InChI is InChI=1S/C40H56O6Si/c1-30(2)47(31(3)4,32(5)6)46-39-25-36(43-27-34-19-13-9-14-20-34)37(29-42-26-33-17-11-8-12-18-33)45-40(39,7)38(23-24-41)44-28-35-21-15-10-16-22-35/h8-22,24,30-32,36-39H,23,25-29H2,1-7H3/t36-,37+,38+,39+,40-/m0/s1. The van der Waals surface area contributed by atoms with Crippen molar-refractivity contribution < 1.29 is 28.2 Å². The third-order valence-electron chi connectivity index (χ3n) is 9.90. The van der Waals surface area contributed by atoms with Crippen molar-refractivity contribution in [1.29, 1.82) is 0 Å². The Morgan fingerprint density at radius 1 is 0.766 bits per heavy atom. The maximum Gasteiger partial charge on any atom is 0.200 e. The number of hydrogen-bond acceptors (Lipinski definition) is 6. The van der Waals surface area contributed by atoms with Crippen molar-refractivity contribution in [3.05, 3.63) is 108 Å². The van der Waals surface area contributed by atoms with Gasteiger partial charge in [0.1, 0.15) is 18.0 Å². The highest BCUT2D eigenvalue weighted by molar-refractivity contribution is 6.77. The molecule has 1 aliphatic heterocycles. The summed E-state index contributed by atoms with van der Waals surface area (Å²) in [7, 11) is -2.38. The van der Waals surface area contributed by atoms with Gasteiger partial charge < -0.3 is 28.2 Å². The summed E-state index contributed by atoms with van der Waals surface area (Å²) in [6.07, 6.45) is 0.175. The Kier molecular flexibility index (Phi) is 14.0. The van der Waals surface area contributed by atoms with Crippen LogP contribution in [0.3, 0.4) is 0 Å². The van der Waals surface area contributed by atoms with E-state index >= 15 is 0 Å². The van der Waals surface area contributed by atoms with Crippen molar-refractivity contribution in [3.63, 3.8) is 0 Å². The molecule has 256 valence electrons. The van der Waals surface area contributed by atoms with E-state index in [1.54, 1.807) is 0 Å². The van der Waals surface area contributed by atoms with E-state index in [1.165, 1.54) is 0 Å². The fourth-order valence-electron chi connectivity index (χ4n) is 7.47. The Bertz CT molecular complexity index is 1300. The molecule has 1 saturated heterocycles. The monoisotopic (exact) mass is 660 g/mol. The Labute approximate surface area is 284 Å². The van der Waals surface area contributed by atoms with Crippen LogP contribution in [0.4, 0.5) is 0 Å². The van der Waals surface area contributed by atoms with Crippen molar-refractivity contribution in [2.45, 2.75) is 128 Å². The molecule has 0 N–H and O–H groups in total. The topological polar surface area (TPSA) is 63.2 Å². The van der Waals surface area contributed by atoms with Crippen molar-refractivity contribution in [1.82, 2.24) is 0 Å². The van der Waals surface area contributed by atoms with E-state index in [0.29, 0.717) is 49.5 Å². The van der Waals surface area contributed by atoms with Crippen LogP contribution >= 0.6 is 0 Å². The summed E-state index contributed by atoms with van der Waals surface area (Å²) in [5.41, 5.74) is 3.43. The predicted octanol–water partition coefficient (Wildman–Crippen LogP) is 9.07. The van der Waals surface area contributed by atoms with Gasteiger partial charge in [-0.2, -0.15) is 0 Å². The van der Waals surface area contributed by atoms with E-state index in [9.17, 15) is 4.79 Å². The molecule has 3 aromatic rings. The van der Waals surface area contributed by atoms with Crippen LogP contribution in [0, 0.1) is 0 Å². The van der Waals surface area contributed by atoms with Crippen LogP contribution in [0.15, 0.2) is 91.0 Å². The molecule has 1 aliphatic rings. The number of benzene rings is 3. The van der Waals surface area contributed by atoms with Gasteiger partial charge in [-0.25, -0.2) is 0 Å². The molecule has 0 amide bonds. The summed E-state index contributed by atoms with van der Waals surface area (Å²) in [5.74, 6) is 0. The van der Waals surface area contributed by atoms with Crippen molar-refractivity contribution in [2.75, 3.05) is 6.61 Å². The van der Waals surface area contributed by atoms with E-state index in [2.05, 4.69) is 72.7 Å². The second-order valence-electron chi connectivity index (χ2n) is 14.0. The summed E-state index contributed by atoms with van der Waals surface area (Å²) in [6.45, 7) is 17.5. The van der Waals surface area contributed by atoms with Crippen LogP contribution < -0.4 is 0 Å². The normalized spacial score (nSPS) is 22.6. The molecule has 4 rings (SSSR count). The molecule has 0 aromatic heterocycles. The minimum absolute atomic E-state index is 0.190. The molecule has 1 fully saturated rings. The molecule has 0 radical (unpaired) electrons. The first-order valence-corrected chi connectivity index (χ1v) is 19.5. The van der Waals surface area contributed by atoms with Gasteiger partial charge in [0.05, 0.1) is 44.7 Å². The van der Waals surface area contributed by atoms with E-state index in [1.807, 2.05) is 66.7 Å². The third-order valence-corrected chi connectivity index (χ3v) is 16.0. The minimum Gasteiger partial charge on any atom is -0.410 e. The molecule has 0 bridgehead atoms. The quantitative estimate of drug-likeness (QED) is 0.100. The highest BCUT2D eigenvalue weighted by Crippen LogP contribution is 2.47. The smallest absolute Gasteiger partial charge is 0.200 e. The average molecular weight is 661 g/mol. The molecule has 1 heterocycles. The van der Waals surface area contributed by atoms with Crippen molar-refractivity contribution >= 4 is 14.6 Å². The molecule has 47 heavy (non-hydrogen) atoms. The highest BCUT2D eigenvalue weighted by Gasteiger charge is 2.56. The zero-order valence-corrected chi connectivity index (χ0v) is 30.5. The van der Waals surface area contributed by atoms with Crippen LogP contribution in [0.2, 0.25) is 16.6 Å². The number of ether oxygens (including phenoxy) is 4. The third kappa shape index (κ3) is 9.49. The van der Waals surface area contributed by atoms with Gasteiger partial charge in [-0.3, -0.25) is 0 Å². The van der Waals surface area contributed by atoms with Gasteiger partial charge in [0.2, 0.25) is 8.32 Å². The Hall–Kier alpha value is -2.65. The van der Waals surface area contributed by atoms with Gasteiger partial charge in [0.15, 0.2) is 0 Å². The van der Waals surface area contributed by atoms with Crippen LogP contribution in [-0.4, -0.2) is 51.2 Å². The van der Waals surface area contributed by atoms with E-state index in [0.717, 1.165) is 23.0 Å². The lowest BCUT2D eigenvalue weighted by molar-refractivity contribution is -0.274. The lowest BCUT2D eigenvalue weighted by atomic mass is 9.83.